The SMILES string of the molecule is CC(=O)Nc1ccc(OC(=O)c2cccc(C(=O)Oc3ccc(NC(C)=O)cc3)n2)cc1. The van der Waals surface area contributed by atoms with Gasteiger partial charge in [-0.1, -0.05) is 6.07 Å². The number of aromatic nitrogens is 1. The van der Waals surface area contributed by atoms with Crippen molar-refractivity contribution < 1.29 is 28.7 Å². The minimum atomic E-state index is -0.758. The van der Waals surface area contributed by atoms with Crippen molar-refractivity contribution in [3.63, 3.8) is 0 Å². The van der Waals surface area contributed by atoms with Gasteiger partial charge in [-0.05, 0) is 60.7 Å². The second-order valence-corrected chi connectivity index (χ2v) is 6.60. The molecule has 3 rings (SSSR count). The first-order valence-electron chi connectivity index (χ1n) is 9.47. The minimum Gasteiger partial charge on any atom is -0.422 e. The minimum absolute atomic E-state index is 0.0774. The average molecular weight is 433 g/mol. The van der Waals surface area contributed by atoms with Gasteiger partial charge in [0.15, 0.2) is 0 Å². The number of benzene rings is 2. The van der Waals surface area contributed by atoms with E-state index in [0.717, 1.165) is 0 Å². The van der Waals surface area contributed by atoms with Gasteiger partial charge in [-0.3, -0.25) is 9.59 Å². The maximum absolute atomic E-state index is 12.4. The summed E-state index contributed by atoms with van der Waals surface area (Å²) in [7, 11) is 0. The molecule has 0 spiro atoms. The lowest BCUT2D eigenvalue weighted by atomic mass is 10.2. The molecule has 2 amide bonds. The Morgan fingerprint density at radius 3 is 1.34 bits per heavy atom. The summed E-state index contributed by atoms with van der Waals surface area (Å²) in [6.07, 6.45) is 0. The van der Waals surface area contributed by atoms with E-state index in [4.69, 9.17) is 9.47 Å². The van der Waals surface area contributed by atoms with Crippen molar-refractivity contribution in [3.8, 4) is 11.5 Å². The predicted octanol–water partition coefficient (Wildman–Crippen LogP) is 3.44. The van der Waals surface area contributed by atoms with E-state index in [1.807, 2.05) is 0 Å². The fourth-order valence-corrected chi connectivity index (χ4v) is 2.60. The summed E-state index contributed by atoms with van der Waals surface area (Å²) in [6, 6.07) is 16.7. The normalized spacial score (nSPS) is 10.1. The molecule has 0 aliphatic carbocycles. The van der Waals surface area contributed by atoms with Crippen LogP contribution in [0.5, 0.6) is 11.5 Å². The Labute approximate surface area is 183 Å². The Morgan fingerprint density at radius 1 is 0.625 bits per heavy atom. The molecule has 3 aromatic rings. The number of nitrogens with zero attached hydrogens (tertiary/aromatic N) is 1. The third-order valence-corrected chi connectivity index (χ3v) is 3.94. The molecule has 2 aromatic carbocycles. The Balaban J connectivity index is 1.64. The standard InChI is InChI=1S/C23H19N3O6/c1-14(27)24-16-6-10-18(11-7-16)31-22(29)20-4-3-5-21(26-20)23(30)32-19-12-8-17(9-13-19)25-15(2)28/h3-13H,1-2H3,(H,24,27)(H,25,28). The van der Waals surface area contributed by atoms with E-state index in [0.29, 0.717) is 11.4 Å². The number of rotatable bonds is 6. The Hall–Kier alpha value is -4.53. The summed E-state index contributed by atoms with van der Waals surface area (Å²) < 4.78 is 10.5. The van der Waals surface area contributed by atoms with Crippen LogP contribution in [0.2, 0.25) is 0 Å². The highest BCUT2D eigenvalue weighted by Crippen LogP contribution is 2.18. The second kappa shape index (κ2) is 9.98. The van der Waals surface area contributed by atoms with E-state index >= 15 is 0 Å². The number of amides is 2. The van der Waals surface area contributed by atoms with Gasteiger partial charge in [-0.25, -0.2) is 14.6 Å². The molecule has 9 nitrogen and oxygen atoms in total. The second-order valence-electron chi connectivity index (χ2n) is 6.60. The molecule has 0 fully saturated rings. The van der Waals surface area contributed by atoms with Gasteiger partial charge in [-0.2, -0.15) is 0 Å². The third kappa shape index (κ3) is 6.23. The Morgan fingerprint density at radius 2 is 1.00 bits per heavy atom. The molecule has 0 aliphatic heterocycles. The van der Waals surface area contributed by atoms with Crippen molar-refractivity contribution in [2.24, 2.45) is 0 Å². The van der Waals surface area contributed by atoms with Gasteiger partial charge in [0.2, 0.25) is 11.8 Å². The van der Waals surface area contributed by atoms with Gasteiger partial charge >= 0.3 is 11.9 Å². The van der Waals surface area contributed by atoms with E-state index in [1.54, 1.807) is 24.3 Å². The lowest BCUT2D eigenvalue weighted by Crippen LogP contribution is -2.16. The smallest absolute Gasteiger partial charge is 0.362 e. The molecule has 32 heavy (non-hydrogen) atoms. The van der Waals surface area contributed by atoms with Crippen LogP contribution >= 0.6 is 0 Å². The van der Waals surface area contributed by atoms with Crippen molar-refractivity contribution in [2.75, 3.05) is 10.6 Å². The fraction of sp³-hybridized carbons (Fsp3) is 0.0870. The van der Waals surface area contributed by atoms with Gasteiger partial charge in [-0.15, -0.1) is 0 Å². The summed E-state index contributed by atoms with van der Waals surface area (Å²) in [5.74, 6) is -1.45. The van der Waals surface area contributed by atoms with Crippen LogP contribution < -0.4 is 20.1 Å². The van der Waals surface area contributed by atoms with Crippen molar-refractivity contribution in [1.82, 2.24) is 4.98 Å². The number of hydrogen-bond acceptors (Lipinski definition) is 7. The lowest BCUT2D eigenvalue weighted by molar-refractivity contribution is -0.115. The highest BCUT2D eigenvalue weighted by Gasteiger charge is 2.16. The molecular formula is C23H19N3O6. The summed E-state index contributed by atoms with van der Waals surface area (Å²) in [6.45, 7) is 2.77. The summed E-state index contributed by atoms with van der Waals surface area (Å²) in [5.41, 5.74) is 0.966. The number of pyridine rings is 1. The van der Waals surface area contributed by atoms with Gasteiger partial charge in [0.1, 0.15) is 22.9 Å². The van der Waals surface area contributed by atoms with Crippen LogP contribution in [0, 0.1) is 0 Å². The van der Waals surface area contributed by atoms with E-state index in [2.05, 4.69) is 15.6 Å². The zero-order valence-corrected chi connectivity index (χ0v) is 17.2. The zero-order chi connectivity index (χ0) is 23.1. The number of hydrogen-bond donors (Lipinski definition) is 2. The molecule has 0 saturated heterocycles. The number of carbonyl (C=O) groups is 4. The van der Waals surface area contributed by atoms with Crippen LogP contribution in [0.4, 0.5) is 11.4 Å². The van der Waals surface area contributed by atoms with Crippen LogP contribution in [-0.2, 0) is 9.59 Å². The van der Waals surface area contributed by atoms with Crippen molar-refractivity contribution >= 4 is 35.1 Å². The van der Waals surface area contributed by atoms with Crippen molar-refractivity contribution in [3.05, 3.63) is 78.1 Å². The number of ether oxygens (including phenoxy) is 2. The van der Waals surface area contributed by atoms with E-state index < -0.39 is 11.9 Å². The van der Waals surface area contributed by atoms with Crippen molar-refractivity contribution in [1.29, 1.82) is 0 Å². The Kier molecular flexibility index (Phi) is 6.92. The molecule has 1 heterocycles. The van der Waals surface area contributed by atoms with E-state index in [-0.39, 0.29) is 34.7 Å². The molecule has 162 valence electrons. The molecule has 0 saturated carbocycles. The lowest BCUT2D eigenvalue weighted by Gasteiger charge is -2.08. The number of esters is 2. The predicted molar refractivity (Wildman–Crippen MR) is 116 cm³/mol. The zero-order valence-electron chi connectivity index (χ0n) is 17.2. The largest absolute Gasteiger partial charge is 0.422 e. The summed E-state index contributed by atoms with van der Waals surface area (Å²) in [5, 5.41) is 5.21. The molecule has 0 aliphatic rings. The summed E-state index contributed by atoms with van der Waals surface area (Å²) in [4.78, 5) is 50.9. The summed E-state index contributed by atoms with van der Waals surface area (Å²) >= 11 is 0. The topological polar surface area (TPSA) is 124 Å². The molecular weight excluding hydrogens is 414 g/mol. The molecule has 0 bridgehead atoms. The first-order chi connectivity index (χ1) is 15.3. The van der Waals surface area contributed by atoms with Gasteiger partial charge in [0, 0.05) is 25.2 Å². The van der Waals surface area contributed by atoms with Crippen LogP contribution in [0.1, 0.15) is 34.8 Å². The molecule has 0 atom stereocenters. The van der Waals surface area contributed by atoms with Crippen LogP contribution in [0.3, 0.4) is 0 Å². The number of carbonyl (C=O) groups excluding carboxylic acids is 4. The monoisotopic (exact) mass is 433 g/mol. The third-order valence-electron chi connectivity index (χ3n) is 3.94. The molecule has 1 aromatic heterocycles. The van der Waals surface area contributed by atoms with Crippen molar-refractivity contribution in [2.45, 2.75) is 13.8 Å². The number of anilines is 2. The quantitative estimate of drug-likeness (QED) is 0.451. The Bertz CT molecular complexity index is 1070. The van der Waals surface area contributed by atoms with E-state index in [1.165, 1.54) is 56.3 Å². The highest BCUT2D eigenvalue weighted by molar-refractivity contribution is 5.93. The van der Waals surface area contributed by atoms with E-state index in [9.17, 15) is 19.2 Å². The fourth-order valence-electron chi connectivity index (χ4n) is 2.60. The maximum Gasteiger partial charge on any atom is 0.362 e. The number of nitrogens with one attached hydrogen (secondary N) is 2. The van der Waals surface area contributed by atoms with Gasteiger partial charge in [0.05, 0.1) is 0 Å². The first kappa shape index (κ1) is 22.2. The molecule has 9 heteroatoms. The van der Waals surface area contributed by atoms with Crippen LogP contribution in [-0.4, -0.2) is 28.7 Å². The average Bonchev–Trinajstić information content (AvgIpc) is 2.76. The van der Waals surface area contributed by atoms with Gasteiger partial charge < -0.3 is 20.1 Å². The molecule has 0 unspecified atom stereocenters. The van der Waals surface area contributed by atoms with Crippen LogP contribution in [0.15, 0.2) is 66.7 Å². The molecule has 0 radical (unpaired) electrons. The maximum atomic E-state index is 12.4. The first-order valence-corrected chi connectivity index (χ1v) is 9.47. The van der Waals surface area contributed by atoms with Crippen LogP contribution in [0.25, 0.3) is 0 Å². The molecule has 2 N–H and O–H groups in total. The van der Waals surface area contributed by atoms with Gasteiger partial charge in [0.25, 0.3) is 0 Å². The highest BCUT2D eigenvalue weighted by atomic mass is 16.5.